The summed E-state index contributed by atoms with van der Waals surface area (Å²) in [5.74, 6) is -0.354. The molecule has 142 valence electrons. The molecule has 1 aliphatic heterocycles. The zero-order chi connectivity index (χ0) is 18.5. The second-order valence-electron chi connectivity index (χ2n) is 9.66. The third-order valence-electron chi connectivity index (χ3n) is 5.99. The fourth-order valence-electron chi connectivity index (χ4n) is 4.51. The Bertz CT molecular complexity index is 661. The standard InChI is InChI=1S/C21H31N3O2/c1-20(2,3)26-19(25)18-8-5-15(11-22-18)12-24-13-21(14-24)9-17(10-21)23(4)16-6-7-16/h5,8,11,16-17H,6-7,9-10,12-14H2,1-4H3. The maximum atomic E-state index is 12.0. The van der Waals surface area contributed by atoms with Gasteiger partial charge in [-0.3, -0.25) is 4.90 Å². The number of hydrogen-bond acceptors (Lipinski definition) is 5. The van der Waals surface area contributed by atoms with E-state index in [0.29, 0.717) is 11.1 Å². The van der Waals surface area contributed by atoms with Crippen LogP contribution in [-0.2, 0) is 11.3 Å². The molecule has 0 amide bonds. The Morgan fingerprint density at radius 2 is 1.96 bits per heavy atom. The minimum absolute atomic E-state index is 0.354. The predicted molar refractivity (Wildman–Crippen MR) is 101 cm³/mol. The minimum Gasteiger partial charge on any atom is -0.455 e. The molecule has 3 aliphatic rings. The molecular formula is C21H31N3O2. The van der Waals surface area contributed by atoms with Gasteiger partial charge in [-0.2, -0.15) is 0 Å². The van der Waals surface area contributed by atoms with Gasteiger partial charge in [0.05, 0.1) is 0 Å². The van der Waals surface area contributed by atoms with Crippen molar-refractivity contribution in [2.75, 3.05) is 20.1 Å². The van der Waals surface area contributed by atoms with E-state index in [0.717, 1.165) is 24.2 Å². The van der Waals surface area contributed by atoms with E-state index in [1.807, 2.05) is 33.0 Å². The van der Waals surface area contributed by atoms with E-state index in [2.05, 4.69) is 21.8 Å². The summed E-state index contributed by atoms with van der Waals surface area (Å²) >= 11 is 0. The molecule has 1 saturated heterocycles. The molecular weight excluding hydrogens is 326 g/mol. The Labute approximate surface area is 156 Å². The first-order valence-electron chi connectivity index (χ1n) is 9.86. The Hall–Kier alpha value is -1.46. The summed E-state index contributed by atoms with van der Waals surface area (Å²) in [7, 11) is 2.31. The maximum absolute atomic E-state index is 12.0. The van der Waals surface area contributed by atoms with Crippen molar-refractivity contribution in [1.82, 2.24) is 14.8 Å². The number of rotatable bonds is 5. The van der Waals surface area contributed by atoms with E-state index in [9.17, 15) is 4.79 Å². The molecule has 26 heavy (non-hydrogen) atoms. The van der Waals surface area contributed by atoms with Gasteiger partial charge in [0, 0.05) is 37.9 Å². The Morgan fingerprint density at radius 3 is 2.50 bits per heavy atom. The molecule has 2 aliphatic carbocycles. The molecule has 2 saturated carbocycles. The average Bonchev–Trinajstić information content (AvgIpc) is 3.31. The van der Waals surface area contributed by atoms with Gasteiger partial charge in [0.1, 0.15) is 11.3 Å². The topological polar surface area (TPSA) is 45.7 Å². The van der Waals surface area contributed by atoms with Crippen molar-refractivity contribution in [2.24, 2.45) is 5.41 Å². The molecule has 0 bridgehead atoms. The van der Waals surface area contributed by atoms with Crippen LogP contribution in [0.4, 0.5) is 0 Å². The zero-order valence-electron chi connectivity index (χ0n) is 16.5. The summed E-state index contributed by atoms with van der Waals surface area (Å²) in [5.41, 5.74) is 1.64. The van der Waals surface area contributed by atoms with Gasteiger partial charge in [-0.05, 0) is 70.5 Å². The minimum atomic E-state index is -0.488. The van der Waals surface area contributed by atoms with Gasteiger partial charge >= 0.3 is 5.97 Å². The molecule has 0 radical (unpaired) electrons. The highest BCUT2D eigenvalue weighted by Crippen LogP contribution is 2.51. The summed E-state index contributed by atoms with van der Waals surface area (Å²) in [6.07, 6.45) is 7.35. The number of ether oxygens (including phenoxy) is 1. The lowest BCUT2D eigenvalue weighted by atomic mass is 9.60. The smallest absolute Gasteiger partial charge is 0.357 e. The molecule has 1 aromatic rings. The normalized spacial score (nSPS) is 23.0. The van der Waals surface area contributed by atoms with E-state index in [4.69, 9.17) is 4.74 Å². The number of pyridine rings is 1. The van der Waals surface area contributed by atoms with Crippen molar-refractivity contribution in [3.8, 4) is 0 Å². The van der Waals surface area contributed by atoms with Crippen LogP contribution in [0, 0.1) is 5.41 Å². The van der Waals surface area contributed by atoms with Gasteiger partial charge in [-0.15, -0.1) is 0 Å². The third-order valence-corrected chi connectivity index (χ3v) is 5.99. The maximum Gasteiger partial charge on any atom is 0.357 e. The Morgan fingerprint density at radius 1 is 1.27 bits per heavy atom. The number of likely N-dealkylation sites (tertiary alicyclic amines) is 1. The fraction of sp³-hybridized carbons (Fsp3) is 0.714. The van der Waals surface area contributed by atoms with Crippen molar-refractivity contribution < 1.29 is 9.53 Å². The monoisotopic (exact) mass is 357 g/mol. The zero-order valence-corrected chi connectivity index (χ0v) is 16.5. The lowest BCUT2D eigenvalue weighted by Crippen LogP contribution is -2.65. The molecule has 0 unspecified atom stereocenters. The van der Waals surface area contributed by atoms with Gasteiger partial charge in [0.2, 0.25) is 0 Å². The molecule has 1 spiro atoms. The van der Waals surface area contributed by atoms with Gasteiger partial charge < -0.3 is 9.64 Å². The summed E-state index contributed by atoms with van der Waals surface area (Å²) in [6, 6.07) is 5.48. The van der Waals surface area contributed by atoms with Crippen LogP contribution in [0.3, 0.4) is 0 Å². The number of carbonyl (C=O) groups is 1. The lowest BCUT2D eigenvalue weighted by Gasteiger charge is -2.61. The van der Waals surface area contributed by atoms with E-state index in [1.54, 1.807) is 6.07 Å². The van der Waals surface area contributed by atoms with Crippen molar-refractivity contribution in [2.45, 2.75) is 70.7 Å². The number of esters is 1. The molecule has 5 nitrogen and oxygen atoms in total. The highest BCUT2D eigenvalue weighted by molar-refractivity contribution is 5.87. The van der Waals surface area contributed by atoms with Gasteiger partial charge in [0.25, 0.3) is 0 Å². The van der Waals surface area contributed by atoms with Crippen LogP contribution in [-0.4, -0.2) is 58.6 Å². The molecule has 0 aromatic carbocycles. The number of aromatic nitrogens is 1. The summed E-state index contributed by atoms with van der Waals surface area (Å²) in [5, 5.41) is 0. The molecule has 0 atom stereocenters. The van der Waals surface area contributed by atoms with Crippen LogP contribution in [0.15, 0.2) is 18.3 Å². The highest BCUT2D eigenvalue weighted by Gasteiger charge is 2.54. The van der Waals surface area contributed by atoms with Crippen molar-refractivity contribution in [1.29, 1.82) is 0 Å². The van der Waals surface area contributed by atoms with E-state index < -0.39 is 5.60 Å². The first-order chi connectivity index (χ1) is 12.2. The molecule has 1 aromatic heterocycles. The summed E-state index contributed by atoms with van der Waals surface area (Å²) < 4.78 is 5.36. The second kappa shape index (κ2) is 6.31. The fourth-order valence-corrected chi connectivity index (χ4v) is 4.51. The molecule has 0 N–H and O–H groups in total. The average molecular weight is 357 g/mol. The SMILES string of the molecule is CN(C1CC1)C1CC2(C1)CN(Cc1ccc(C(=O)OC(C)(C)C)nc1)C2. The number of carbonyl (C=O) groups excluding carboxylic acids is 1. The summed E-state index contributed by atoms with van der Waals surface area (Å²) in [6.45, 7) is 8.93. The predicted octanol–water partition coefficient (Wildman–Crippen LogP) is 3.10. The third kappa shape index (κ3) is 3.79. The Balaban J connectivity index is 1.23. The van der Waals surface area contributed by atoms with Crippen molar-refractivity contribution >= 4 is 5.97 Å². The quantitative estimate of drug-likeness (QED) is 0.758. The largest absolute Gasteiger partial charge is 0.455 e. The van der Waals surface area contributed by atoms with Gasteiger partial charge in [-0.25, -0.2) is 9.78 Å². The molecule has 4 rings (SSSR count). The number of nitrogens with zero attached hydrogens (tertiary/aromatic N) is 3. The van der Waals surface area contributed by atoms with Crippen molar-refractivity contribution in [3.63, 3.8) is 0 Å². The van der Waals surface area contributed by atoms with E-state index >= 15 is 0 Å². The van der Waals surface area contributed by atoms with Gasteiger partial charge in [-0.1, -0.05) is 6.07 Å². The number of hydrogen-bond donors (Lipinski definition) is 0. The first-order valence-corrected chi connectivity index (χ1v) is 9.86. The second-order valence-corrected chi connectivity index (χ2v) is 9.66. The lowest BCUT2D eigenvalue weighted by molar-refractivity contribution is -0.109. The van der Waals surface area contributed by atoms with Crippen molar-refractivity contribution in [3.05, 3.63) is 29.6 Å². The highest BCUT2D eigenvalue weighted by atomic mass is 16.6. The molecule has 2 heterocycles. The van der Waals surface area contributed by atoms with E-state index in [1.165, 1.54) is 38.8 Å². The van der Waals surface area contributed by atoms with Crippen LogP contribution in [0.5, 0.6) is 0 Å². The molecule has 5 heteroatoms. The first kappa shape index (κ1) is 17.9. The van der Waals surface area contributed by atoms with Crippen LogP contribution < -0.4 is 0 Å². The van der Waals surface area contributed by atoms with Gasteiger partial charge in [0.15, 0.2) is 0 Å². The Kier molecular flexibility index (Phi) is 4.35. The van der Waals surface area contributed by atoms with Crippen LogP contribution in [0.2, 0.25) is 0 Å². The van der Waals surface area contributed by atoms with Crippen LogP contribution >= 0.6 is 0 Å². The van der Waals surface area contributed by atoms with Crippen LogP contribution in [0.1, 0.15) is 62.5 Å². The summed E-state index contributed by atoms with van der Waals surface area (Å²) in [4.78, 5) is 21.4. The molecule has 3 fully saturated rings. The van der Waals surface area contributed by atoms with Crippen LogP contribution in [0.25, 0.3) is 0 Å². The van der Waals surface area contributed by atoms with E-state index in [-0.39, 0.29) is 5.97 Å².